The second kappa shape index (κ2) is 7.04. The Labute approximate surface area is 118 Å². The number of piperazine rings is 1. The fourth-order valence-electron chi connectivity index (χ4n) is 2.41. The molecule has 3 unspecified atom stereocenters. The molecule has 1 N–H and O–H groups in total. The van der Waals surface area contributed by atoms with E-state index in [9.17, 15) is 8.42 Å². The molecule has 0 aromatic rings. The molecule has 0 amide bonds. The molecular formula is C14H30N2O2S. The lowest BCUT2D eigenvalue weighted by Crippen LogP contribution is -2.58. The number of sulfone groups is 1. The molecular weight excluding hydrogens is 260 g/mol. The van der Waals surface area contributed by atoms with Crippen LogP contribution < -0.4 is 5.32 Å². The summed E-state index contributed by atoms with van der Waals surface area (Å²) in [5, 5.41) is 3.31. The average molecular weight is 290 g/mol. The Kier molecular flexibility index (Phi) is 6.27. The molecule has 0 saturated carbocycles. The number of nitrogens with zero attached hydrogens (tertiary/aromatic N) is 1. The number of hydrogen-bond donors (Lipinski definition) is 1. The van der Waals surface area contributed by atoms with Crippen molar-refractivity contribution >= 4 is 9.84 Å². The van der Waals surface area contributed by atoms with E-state index >= 15 is 0 Å². The maximum atomic E-state index is 11.9. The van der Waals surface area contributed by atoms with E-state index < -0.39 is 9.84 Å². The van der Waals surface area contributed by atoms with E-state index in [1.54, 1.807) is 13.8 Å². The van der Waals surface area contributed by atoms with Crippen LogP contribution in [0.3, 0.4) is 0 Å². The third kappa shape index (κ3) is 4.72. The molecule has 1 saturated heterocycles. The summed E-state index contributed by atoms with van der Waals surface area (Å²) in [6, 6.07) is 0.908. The predicted octanol–water partition coefficient (Wildman–Crippen LogP) is 1.52. The summed E-state index contributed by atoms with van der Waals surface area (Å²) in [6.45, 7) is 12.7. The zero-order valence-electron chi connectivity index (χ0n) is 13.0. The van der Waals surface area contributed by atoms with Crippen LogP contribution >= 0.6 is 0 Å². The van der Waals surface area contributed by atoms with E-state index in [1.807, 2.05) is 0 Å². The Hall–Kier alpha value is -0.130. The van der Waals surface area contributed by atoms with E-state index in [1.165, 1.54) is 0 Å². The molecule has 0 spiro atoms. The smallest absolute Gasteiger partial charge is 0.153 e. The van der Waals surface area contributed by atoms with Crippen LogP contribution in [0.4, 0.5) is 0 Å². The summed E-state index contributed by atoms with van der Waals surface area (Å²) in [7, 11) is -2.93. The van der Waals surface area contributed by atoms with Crippen LogP contribution in [0.1, 0.15) is 41.0 Å². The van der Waals surface area contributed by atoms with Gasteiger partial charge in [0, 0.05) is 31.7 Å². The summed E-state index contributed by atoms with van der Waals surface area (Å²) in [5.74, 6) is 0.916. The Morgan fingerprint density at radius 2 is 1.95 bits per heavy atom. The molecule has 0 aromatic heterocycles. The quantitative estimate of drug-likeness (QED) is 0.806. The minimum Gasteiger partial charge on any atom is -0.311 e. The Bertz CT molecular complexity index is 368. The summed E-state index contributed by atoms with van der Waals surface area (Å²) < 4.78 is 23.8. The van der Waals surface area contributed by atoms with Gasteiger partial charge in [0.25, 0.3) is 0 Å². The van der Waals surface area contributed by atoms with Crippen LogP contribution in [0.5, 0.6) is 0 Å². The Morgan fingerprint density at radius 3 is 2.47 bits per heavy atom. The fraction of sp³-hybridized carbons (Fsp3) is 1.00. The first-order valence-corrected chi connectivity index (χ1v) is 9.18. The molecule has 0 aliphatic carbocycles. The van der Waals surface area contributed by atoms with Gasteiger partial charge in [0.1, 0.15) is 0 Å². The van der Waals surface area contributed by atoms with E-state index in [2.05, 4.69) is 31.0 Å². The van der Waals surface area contributed by atoms with Gasteiger partial charge in [-0.05, 0) is 26.7 Å². The van der Waals surface area contributed by atoms with Crippen LogP contribution in [0, 0.1) is 5.92 Å². The molecule has 3 atom stereocenters. The normalized spacial score (nSPS) is 27.7. The molecule has 1 aliphatic rings. The van der Waals surface area contributed by atoms with Crippen LogP contribution in [-0.2, 0) is 9.84 Å². The van der Waals surface area contributed by atoms with Crippen molar-refractivity contribution in [2.45, 2.75) is 58.4 Å². The molecule has 1 aliphatic heterocycles. The zero-order valence-corrected chi connectivity index (χ0v) is 13.8. The lowest BCUT2D eigenvalue weighted by Gasteiger charge is -2.41. The highest BCUT2D eigenvalue weighted by Gasteiger charge is 2.28. The molecule has 0 radical (unpaired) electrons. The molecule has 1 rings (SSSR count). The SMILES string of the molecule is CCC(C)C1CN(CCS(=O)(=O)C(C)C)C(C)CN1. The van der Waals surface area contributed by atoms with Gasteiger partial charge in [-0.1, -0.05) is 20.3 Å². The van der Waals surface area contributed by atoms with Crippen LogP contribution in [0.15, 0.2) is 0 Å². The first kappa shape index (κ1) is 16.9. The van der Waals surface area contributed by atoms with Gasteiger partial charge < -0.3 is 5.32 Å². The Balaban J connectivity index is 2.56. The molecule has 1 heterocycles. The number of nitrogens with one attached hydrogen (secondary N) is 1. The second-order valence-electron chi connectivity index (χ2n) is 6.16. The van der Waals surface area contributed by atoms with Gasteiger partial charge in [-0.15, -0.1) is 0 Å². The van der Waals surface area contributed by atoms with E-state index in [-0.39, 0.29) is 11.0 Å². The van der Waals surface area contributed by atoms with Crippen molar-refractivity contribution < 1.29 is 8.42 Å². The molecule has 1 fully saturated rings. The molecule has 0 bridgehead atoms. The molecule has 4 nitrogen and oxygen atoms in total. The highest BCUT2D eigenvalue weighted by Crippen LogP contribution is 2.15. The minimum atomic E-state index is -2.93. The van der Waals surface area contributed by atoms with Crippen molar-refractivity contribution in [2.24, 2.45) is 5.92 Å². The van der Waals surface area contributed by atoms with Crippen molar-refractivity contribution in [3.63, 3.8) is 0 Å². The maximum Gasteiger partial charge on any atom is 0.153 e. The fourth-order valence-corrected chi connectivity index (χ4v) is 3.37. The monoisotopic (exact) mass is 290 g/mol. The minimum absolute atomic E-state index is 0.268. The topological polar surface area (TPSA) is 49.4 Å². The van der Waals surface area contributed by atoms with Crippen LogP contribution in [0.2, 0.25) is 0 Å². The summed E-state index contributed by atoms with van der Waals surface area (Å²) in [5.41, 5.74) is 0. The van der Waals surface area contributed by atoms with Crippen molar-refractivity contribution in [1.82, 2.24) is 10.2 Å². The maximum absolute atomic E-state index is 11.9. The van der Waals surface area contributed by atoms with Gasteiger partial charge in [-0.3, -0.25) is 4.90 Å². The third-order valence-electron chi connectivity index (χ3n) is 4.44. The lowest BCUT2D eigenvalue weighted by molar-refractivity contribution is 0.125. The van der Waals surface area contributed by atoms with Gasteiger partial charge in [0.2, 0.25) is 0 Å². The summed E-state index contributed by atoms with van der Waals surface area (Å²) >= 11 is 0. The lowest BCUT2D eigenvalue weighted by atomic mass is 9.96. The average Bonchev–Trinajstić information content (AvgIpc) is 2.36. The second-order valence-corrected chi connectivity index (χ2v) is 8.84. The molecule has 114 valence electrons. The molecule has 5 heteroatoms. The molecule has 0 aromatic carbocycles. The predicted molar refractivity (Wildman–Crippen MR) is 81.2 cm³/mol. The van der Waals surface area contributed by atoms with Gasteiger partial charge in [0.05, 0.1) is 11.0 Å². The van der Waals surface area contributed by atoms with Crippen LogP contribution in [0.25, 0.3) is 0 Å². The van der Waals surface area contributed by atoms with E-state index in [0.29, 0.717) is 24.5 Å². The third-order valence-corrected chi connectivity index (χ3v) is 6.63. The van der Waals surface area contributed by atoms with Gasteiger partial charge in [-0.25, -0.2) is 8.42 Å². The zero-order chi connectivity index (χ0) is 14.6. The first-order chi connectivity index (χ1) is 8.77. The van der Waals surface area contributed by atoms with Crippen LogP contribution in [-0.4, -0.2) is 56.0 Å². The Morgan fingerprint density at radius 1 is 1.32 bits per heavy atom. The standard InChI is InChI=1S/C14H30N2O2S/c1-6-12(4)14-10-16(13(5)9-15-14)7-8-19(17,18)11(2)3/h11-15H,6-10H2,1-5H3. The van der Waals surface area contributed by atoms with Crippen molar-refractivity contribution in [2.75, 3.05) is 25.4 Å². The number of rotatable bonds is 6. The summed E-state index contributed by atoms with van der Waals surface area (Å²) in [6.07, 6.45) is 1.16. The first-order valence-electron chi connectivity index (χ1n) is 7.47. The van der Waals surface area contributed by atoms with Crippen molar-refractivity contribution in [3.8, 4) is 0 Å². The van der Waals surface area contributed by atoms with E-state index in [4.69, 9.17) is 0 Å². The van der Waals surface area contributed by atoms with Gasteiger partial charge in [-0.2, -0.15) is 0 Å². The largest absolute Gasteiger partial charge is 0.311 e. The van der Waals surface area contributed by atoms with Gasteiger partial charge in [0.15, 0.2) is 9.84 Å². The molecule has 19 heavy (non-hydrogen) atoms. The van der Waals surface area contributed by atoms with Crippen molar-refractivity contribution in [3.05, 3.63) is 0 Å². The van der Waals surface area contributed by atoms with Crippen molar-refractivity contribution in [1.29, 1.82) is 0 Å². The highest BCUT2D eigenvalue weighted by molar-refractivity contribution is 7.92. The summed E-state index contributed by atoms with van der Waals surface area (Å²) in [4.78, 5) is 2.33. The number of hydrogen-bond acceptors (Lipinski definition) is 4. The van der Waals surface area contributed by atoms with E-state index in [0.717, 1.165) is 19.5 Å². The van der Waals surface area contributed by atoms with Gasteiger partial charge >= 0.3 is 0 Å². The highest BCUT2D eigenvalue weighted by atomic mass is 32.2.